The first kappa shape index (κ1) is 19.6. The number of halogens is 1. The van der Waals surface area contributed by atoms with Crippen LogP contribution in [0.1, 0.15) is 24.8 Å². The molecule has 1 aliphatic rings. The van der Waals surface area contributed by atoms with Crippen molar-refractivity contribution in [3.05, 3.63) is 34.3 Å². The largest absolute Gasteiger partial charge is 0.368 e. The molecule has 1 aromatic carbocycles. The number of hydrogen-bond acceptors (Lipinski definition) is 6. The molecule has 0 unspecified atom stereocenters. The summed E-state index contributed by atoms with van der Waals surface area (Å²) in [7, 11) is 0. The minimum absolute atomic E-state index is 0.00687. The molecule has 9 heteroatoms. The third kappa shape index (κ3) is 5.40. The van der Waals surface area contributed by atoms with Gasteiger partial charge in [0, 0.05) is 49.7 Å². The summed E-state index contributed by atoms with van der Waals surface area (Å²) in [5.41, 5.74) is 1.11. The van der Waals surface area contributed by atoms with Gasteiger partial charge in [0.15, 0.2) is 0 Å². The molecule has 0 saturated carbocycles. The van der Waals surface area contributed by atoms with E-state index < -0.39 is 0 Å². The number of anilines is 2. The van der Waals surface area contributed by atoms with Crippen LogP contribution in [0.4, 0.5) is 10.8 Å². The lowest BCUT2D eigenvalue weighted by molar-refractivity contribution is -0.133. The van der Waals surface area contributed by atoms with E-state index in [1.54, 1.807) is 0 Å². The fraction of sp³-hybridized carbons (Fsp3) is 0.444. The number of benzene rings is 1. The number of hydrogen-bond donors (Lipinski definition) is 1. The van der Waals surface area contributed by atoms with E-state index in [9.17, 15) is 9.59 Å². The molecule has 0 bridgehead atoms. The molecule has 144 valence electrons. The fourth-order valence-electron chi connectivity index (χ4n) is 2.87. The van der Waals surface area contributed by atoms with Crippen molar-refractivity contribution in [1.82, 2.24) is 15.1 Å². The molecular weight excluding hydrogens is 386 g/mol. The molecule has 1 saturated heterocycles. The van der Waals surface area contributed by atoms with Crippen molar-refractivity contribution in [2.75, 3.05) is 36.4 Å². The van der Waals surface area contributed by atoms with Crippen LogP contribution in [-0.2, 0) is 16.0 Å². The predicted octanol–water partition coefficient (Wildman–Crippen LogP) is 2.82. The highest BCUT2D eigenvalue weighted by Gasteiger charge is 2.22. The molecule has 0 spiro atoms. The number of piperazine rings is 1. The number of rotatable bonds is 6. The second-order valence-corrected chi connectivity index (χ2v) is 7.75. The topological polar surface area (TPSA) is 78.4 Å². The van der Waals surface area contributed by atoms with E-state index in [1.165, 1.54) is 11.3 Å². The number of carbonyl (C=O) groups is 2. The van der Waals surface area contributed by atoms with Crippen molar-refractivity contribution < 1.29 is 9.59 Å². The Bertz CT molecular complexity index is 787. The highest BCUT2D eigenvalue weighted by Crippen LogP contribution is 2.20. The summed E-state index contributed by atoms with van der Waals surface area (Å²) < 4.78 is 0. The maximum Gasteiger partial charge on any atom is 0.226 e. The molecule has 2 heterocycles. The molecule has 1 fully saturated rings. The SMILES string of the molecule is CCc1nnc(NC(=O)CCC(=O)N2CCN(c3ccc(Cl)cc3)CC2)s1. The van der Waals surface area contributed by atoms with Crippen LogP contribution in [0.25, 0.3) is 0 Å². The molecule has 7 nitrogen and oxygen atoms in total. The van der Waals surface area contributed by atoms with Crippen LogP contribution >= 0.6 is 22.9 Å². The highest BCUT2D eigenvalue weighted by atomic mass is 35.5. The zero-order chi connectivity index (χ0) is 19.2. The zero-order valence-electron chi connectivity index (χ0n) is 15.2. The van der Waals surface area contributed by atoms with Gasteiger partial charge in [-0.3, -0.25) is 9.59 Å². The van der Waals surface area contributed by atoms with Crippen molar-refractivity contribution >= 4 is 45.6 Å². The summed E-state index contributed by atoms with van der Waals surface area (Å²) in [6, 6.07) is 7.71. The third-order valence-corrected chi connectivity index (χ3v) is 5.64. The van der Waals surface area contributed by atoms with Crippen molar-refractivity contribution in [3.63, 3.8) is 0 Å². The van der Waals surface area contributed by atoms with Crippen LogP contribution in [0.15, 0.2) is 24.3 Å². The number of amides is 2. The Balaban J connectivity index is 1.41. The van der Waals surface area contributed by atoms with Gasteiger partial charge in [0.05, 0.1) is 0 Å². The molecular formula is C18H22ClN5O2S. The molecule has 2 amide bonds. The average Bonchev–Trinajstić information content (AvgIpc) is 3.14. The molecule has 1 aromatic heterocycles. The Morgan fingerprint density at radius 2 is 1.81 bits per heavy atom. The minimum Gasteiger partial charge on any atom is -0.368 e. The number of carbonyl (C=O) groups excluding carboxylic acids is 2. The zero-order valence-corrected chi connectivity index (χ0v) is 16.7. The maximum absolute atomic E-state index is 12.4. The molecule has 3 rings (SSSR count). The summed E-state index contributed by atoms with van der Waals surface area (Å²) in [5.74, 6) is -0.200. The van der Waals surface area contributed by atoms with Gasteiger partial charge >= 0.3 is 0 Å². The van der Waals surface area contributed by atoms with Crippen LogP contribution in [0.2, 0.25) is 5.02 Å². The van der Waals surface area contributed by atoms with Gasteiger partial charge in [-0.2, -0.15) is 0 Å². The van der Waals surface area contributed by atoms with Gasteiger partial charge in [-0.25, -0.2) is 0 Å². The first-order valence-electron chi connectivity index (χ1n) is 8.95. The Kier molecular flexibility index (Phi) is 6.63. The lowest BCUT2D eigenvalue weighted by atomic mass is 10.2. The summed E-state index contributed by atoms with van der Waals surface area (Å²) in [6.07, 6.45) is 1.14. The maximum atomic E-state index is 12.4. The lowest BCUT2D eigenvalue weighted by Crippen LogP contribution is -2.48. The minimum atomic E-state index is -0.207. The van der Waals surface area contributed by atoms with Gasteiger partial charge in [-0.05, 0) is 30.7 Å². The Morgan fingerprint density at radius 3 is 2.44 bits per heavy atom. The van der Waals surface area contributed by atoms with Gasteiger partial charge in [-0.15, -0.1) is 10.2 Å². The highest BCUT2D eigenvalue weighted by molar-refractivity contribution is 7.15. The Morgan fingerprint density at radius 1 is 1.11 bits per heavy atom. The van der Waals surface area contributed by atoms with E-state index in [4.69, 9.17) is 11.6 Å². The average molecular weight is 408 g/mol. The van der Waals surface area contributed by atoms with Crippen LogP contribution < -0.4 is 10.2 Å². The molecule has 0 radical (unpaired) electrons. The molecule has 27 heavy (non-hydrogen) atoms. The number of aromatic nitrogens is 2. The van der Waals surface area contributed by atoms with Crippen molar-refractivity contribution in [1.29, 1.82) is 0 Å². The first-order chi connectivity index (χ1) is 13.0. The summed E-state index contributed by atoms with van der Waals surface area (Å²) in [6.45, 7) is 4.82. The second kappa shape index (κ2) is 9.14. The summed E-state index contributed by atoms with van der Waals surface area (Å²) in [4.78, 5) is 28.4. The van der Waals surface area contributed by atoms with Crippen LogP contribution in [0.3, 0.4) is 0 Å². The number of nitrogens with one attached hydrogen (secondary N) is 1. The number of nitrogens with zero attached hydrogens (tertiary/aromatic N) is 4. The van der Waals surface area contributed by atoms with Gasteiger partial charge in [0.25, 0.3) is 0 Å². The summed E-state index contributed by atoms with van der Waals surface area (Å²) >= 11 is 7.28. The van der Waals surface area contributed by atoms with Crippen molar-refractivity contribution in [3.8, 4) is 0 Å². The fourth-order valence-corrected chi connectivity index (χ4v) is 3.69. The van der Waals surface area contributed by atoms with E-state index in [-0.39, 0.29) is 24.7 Å². The lowest BCUT2D eigenvalue weighted by Gasteiger charge is -2.36. The van der Waals surface area contributed by atoms with Gasteiger partial charge < -0.3 is 15.1 Å². The van der Waals surface area contributed by atoms with Gasteiger partial charge in [0.2, 0.25) is 16.9 Å². The smallest absolute Gasteiger partial charge is 0.226 e. The van der Waals surface area contributed by atoms with E-state index in [0.717, 1.165) is 30.2 Å². The molecule has 0 aliphatic carbocycles. The van der Waals surface area contributed by atoms with Crippen molar-refractivity contribution in [2.45, 2.75) is 26.2 Å². The molecule has 1 N–H and O–H groups in total. The first-order valence-corrected chi connectivity index (χ1v) is 10.1. The predicted molar refractivity (Wildman–Crippen MR) is 107 cm³/mol. The third-order valence-electron chi connectivity index (χ3n) is 4.41. The van der Waals surface area contributed by atoms with E-state index >= 15 is 0 Å². The quantitative estimate of drug-likeness (QED) is 0.796. The van der Waals surface area contributed by atoms with Crippen LogP contribution in [-0.4, -0.2) is 53.1 Å². The molecule has 1 aliphatic heterocycles. The number of aryl methyl sites for hydroxylation is 1. The normalized spacial score (nSPS) is 14.3. The standard InChI is InChI=1S/C18H22ClN5O2S/c1-2-16-21-22-18(27-16)20-15(25)7-8-17(26)24-11-9-23(10-12-24)14-5-3-13(19)4-6-14/h3-6H,2,7-12H2,1H3,(H,20,22,25). The van der Waals surface area contributed by atoms with E-state index in [0.29, 0.717) is 23.2 Å². The van der Waals surface area contributed by atoms with Crippen LogP contribution in [0, 0.1) is 0 Å². The molecule has 0 atom stereocenters. The Labute approximate surface area is 167 Å². The molecule has 2 aromatic rings. The monoisotopic (exact) mass is 407 g/mol. The Hall–Kier alpha value is -2.19. The van der Waals surface area contributed by atoms with Crippen LogP contribution in [0.5, 0.6) is 0 Å². The van der Waals surface area contributed by atoms with E-state index in [1.807, 2.05) is 36.1 Å². The van der Waals surface area contributed by atoms with Gasteiger partial charge in [0.1, 0.15) is 5.01 Å². The summed E-state index contributed by atoms with van der Waals surface area (Å²) in [5, 5.41) is 12.7. The second-order valence-electron chi connectivity index (χ2n) is 6.25. The van der Waals surface area contributed by atoms with E-state index in [2.05, 4.69) is 20.4 Å². The van der Waals surface area contributed by atoms with Gasteiger partial charge in [-0.1, -0.05) is 29.9 Å². The van der Waals surface area contributed by atoms with Crippen molar-refractivity contribution in [2.24, 2.45) is 0 Å².